The Labute approximate surface area is 208 Å². The number of nitrogens with one attached hydrogen (secondary N) is 2. The summed E-state index contributed by atoms with van der Waals surface area (Å²) in [5, 5.41) is 15.2. The Bertz CT molecular complexity index is 1260. The van der Waals surface area contributed by atoms with E-state index in [2.05, 4.69) is 20.8 Å². The van der Waals surface area contributed by atoms with Gasteiger partial charge in [0.1, 0.15) is 0 Å². The number of rotatable bonds is 8. The molecule has 0 saturated carbocycles. The van der Waals surface area contributed by atoms with Crippen LogP contribution in [0.15, 0.2) is 41.6 Å². The Kier molecular flexibility index (Phi) is 7.30. The second-order valence-corrected chi connectivity index (χ2v) is 9.76. The van der Waals surface area contributed by atoms with Crippen molar-refractivity contribution in [2.24, 2.45) is 13.0 Å². The quantitative estimate of drug-likeness (QED) is 0.455. The number of thioether (sulfide) groups is 1. The van der Waals surface area contributed by atoms with E-state index in [0.717, 1.165) is 16.8 Å². The van der Waals surface area contributed by atoms with E-state index in [1.54, 1.807) is 18.2 Å². The number of nitrogens with zero attached hydrogens (tertiary/aromatic N) is 3. The molecule has 0 saturated heterocycles. The number of hydrogen-bond donors (Lipinski definition) is 2. The zero-order chi connectivity index (χ0) is 25.1. The average Bonchev–Trinajstić information content (AvgIpc) is 3.44. The van der Waals surface area contributed by atoms with Crippen molar-refractivity contribution in [1.82, 2.24) is 20.1 Å². The van der Waals surface area contributed by atoms with Crippen LogP contribution < -0.4 is 20.1 Å². The molecule has 0 spiro atoms. The van der Waals surface area contributed by atoms with Gasteiger partial charge in [-0.25, -0.2) is 0 Å². The Morgan fingerprint density at radius 2 is 1.86 bits per heavy atom. The van der Waals surface area contributed by atoms with Crippen molar-refractivity contribution in [2.75, 3.05) is 17.9 Å². The van der Waals surface area contributed by atoms with Gasteiger partial charge in [-0.2, -0.15) is 0 Å². The first-order valence-electron chi connectivity index (χ1n) is 11.3. The molecule has 4 rings (SSSR count). The summed E-state index contributed by atoms with van der Waals surface area (Å²) >= 11 is 1.30. The highest BCUT2D eigenvalue weighted by Gasteiger charge is 2.26. The van der Waals surface area contributed by atoms with Crippen molar-refractivity contribution in [3.8, 4) is 11.5 Å². The second-order valence-electron chi connectivity index (χ2n) is 8.82. The maximum absolute atomic E-state index is 13.0. The van der Waals surface area contributed by atoms with Gasteiger partial charge in [0.25, 0.3) is 5.91 Å². The van der Waals surface area contributed by atoms with Crippen LogP contribution in [-0.4, -0.2) is 39.1 Å². The Morgan fingerprint density at radius 3 is 2.63 bits per heavy atom. The first-order valence-corrected chi connectivity index (χ1v) is 12.3. The zero-order valence-corrected chi connectivity index (χ0v) is 21.2. The molecule has 0 unspecified atom stereocenters. The average molecular weight is 496 g/mol. The monoisotopic (exact) mass is 495 g/mol. The smallest absolute Gasteiger partial charge is 0.252 e. The lowest BCUT2D eigenvalue weighted by Crippen LogP contribution is -2.33. The maximum atomic E-state index is 13.0. The number of fused-ring (bicyclic) bond motifs is 1. The minimum Gasteiger partial charge on any atom is -0.454 e. The number of aromatic nitrogens is 3. The Morgan fingerprint density at radius 1 is 1.09 bits per heavy atom. The van der Waals surface area contributed by atoms with E-state index < -0.39 is 0 Å². The van der Waals surface area contributed by atoms with Crippen molar-refractivity contribution in [3.63, 3.8) is 0 Å². The third-order valence-electron chi connectivity index (χ3n) is 5.73. The van der Waals surface area contributed by atoms with Gasteiger partial charge < -0.3 is 24.7 Å². The molecule has 1 aliphatic heterocycles. The molecule has 10 heteroatoms. The van der Waals surface area contributed by atoms with Gasteiger partial charge in [-0.1, -0.05) is 37.7 Å². The maximum Gasteiger partial charge on any atom is 0.252 e. The number of anilines is 1. The van der Waals surface area contributed by atoms with Crippen LogP contribution in [0.2, 0.25) is 0 Å². The lowest BCUT2D eigenvalue weighted by Gasteiger charge is -2.21. The molecule has 0 radical (unpaired) electrons. The topological polar surface area (TPSA) is 107 Å². The molecular formula is C25H29N5O4S. The van der Waals surface area contributed by atoms with E-state index in [4.69, 9.17) is 9.47 Å². The standard InChI is InChI=1S/C25H29N5O4S/c1-14(2)22(27-24(32)17-8-9-19-20(11-17)34-13-33-19)23-28-29-25(30(23)5)35-12-21(31)26-18-10-15(3)6-7-16(18)4/h6-11,14,22H,12-13H2,1-5H3,(H,26,31)(H,27,32)/t22-/m1/s1. The van der Waals surface area contributed by atoms with Gasteiger partial charge in [0, 0.05) is 18.3 Å². The normalized spacial score (nSPS) is 13.1. The molecule has 0 aliphatic carbocycles. The summed E-state index contributed by atoms with van der Waals surface area (Å²) in [4.78, 5) is 25.5. The van der Waals surface area contributed by atoms with Crippen LogP contribution in [0.1, 0.15) is 47.2 Å². The van der Waals surface area contributed by atoms with Gasteiger partial charge in [0.15, 0.2) is 22.5 Å². The van der Waals surface area contributed by atoms with Gasteiger partial charge in [0.05, 0.1) is 11.8 Å². The molecule has 1 atom stereocenters. The molecule has 2 amide bonds. The van der Waals surface area contributed by atoms with Gasteiger partial charge in [0.2, 0.25) is 12.7 Å². The van der Waals surface area contributed by atoms with Gasteiger partial charge in [-0.15, -0.1) is 10.2 Å². The Hall–Kier alpha value is -3.53. The second kappa shape index (κ2) is 10.4. The highest BCUT2D eigenvalue weighted by molar-refractivity contribution is 7.99. The van der Waals surface area contributed by atoms with Crippen LogP contribution in [0.25, 0.3) is 0 Å². The molecule has 184 valence electrons. The van der Waals surface area contributed by atoms with Gasteiger partial charge in [-0.3, -0.25) is 9.59 Å². The predicted octanol–water partition coefficient (Wildman–Crippen LogP) is 4.02. The molecule has 2 N–H and O–H groups in total. The van der Waals surface area contributed by atoms with Crippen molar-refractivity contribution in [1.29, 1.82) is 0 Å². The van der Waals surface area contributed by atoms with E-state index in [9.17, 15) is 9.59 Å². The van der Waals surface area contributed by atoms with Crippen molar-refractivity contribution in [3.05, 3.63) is 58.9 Å². The molecule has 0 bridgehead atoms. The number of hydrogen-bond acceptors (Lipinski definition) is 7. The first-order chi connectivity index (χ1) is 16.7. The van der Waals surface area contributed by atoms with E-state index in [1.165, 1.54) is 11.8 Å². The van der Waals surface area contributed by atoms with E-state index in [-0.39, 0.29) is 36.3 Å². The Balaban J connectivity index is 1.42. The number of amides is 2. The number of ether oxygens (including phenoxy) is 2. The first kappa shape index (κ1) is 24.6. The third-order valence-corrected chi connectivity index (χ3v) is 6.75. The van der Waals surface area contributed by atoms with Crippen molar-refractivity contribution >= 4 is 29.3 Å². The summed E-state index contributed by atoms with van der Waals surface area (Å²) in [5.41, 5.74) is 3.37. The minimum absolute atomic E-state index is 0.0568. The number of carbonyl (C=O) groups excluding carboxylic acids is 2. The van der Waals surface area contributed by atoms with E-state index >= 15 is 0 Å². The van der Waals surface area contributed by atoms with Crippen LogP contribution in [0.3, 0.4) is 0 Å². The van der Waals surface area contributed by atoms with Crippen LogP contribution in [0, 0.1) is 19.8 Å². The lowest BCUT2D eigenvalue weighted by molar-refractivity contribution is -0.113. The molecular weight excluding hydrogens is 466 g/mol. The summed E-state index contributed by atoms with van der Waals surface area (Å²) in [6.45, 7) is 8.10. The van der Waals surface area contributed by atoms with Crippen LogP contribution in [0.5, 0.6) is 11.5 Å². The summed E-state index contributed by atoms with van der Waals surface area (Å²) in [5.74, 6) is 1.67. The minimum atomic E-state index is -0.372. The fourth-order valence-corrected chi connectivity index (χ4v) is 4.42. The van der Waals surface area contributed by atoms with Crippen LogP contribution in [0.4, 0.5) is 5.69 Å². The number of carbonyl (C=O) groups is 2. The molecule has 35 heavy (non-hydrogen) atoms. The molecule has 1 aromatic heterocycles. The van der Waals surface area contributed by atoms with Crippen molar-refractivity contribution < 1.29 is 19.1 Å². The highest BCUT2D eigenvalue weighted by atomic mass is 32.2. The largest absolute Gasteiger partial charge is 0.454 e. The van der Waals surface area contributed by atoms with E-state index in [0.29, 0.717) is 28.0 Å². The SMILES string of the molecule is Cc1ccc(C)c(NC(=O)CSc2nnc([C@H](NC(=O)c3ccc4c(c3)OCO4)C(C)C)n2C)c1. The summed E-state index contributed by atoms with van der Waals surface area (Å²) in [6, 6.07) is 10.7. The number of aryl methyl sites for hydroxylation is 2. The lowest BCUT2D eigenvalue weighted by atomic mass is 10.0. The van der Waals surface area contributed by atoms with Gasteiger partial charge >= 0.3 is 0 Å². The predicted molar refractivity (Wildman–Crippen MR) is 134 cm³/mol. The molecule has 3 aromatic rings. The molecule has 1 aliphatic rings. The van der Waals surface area contributed by atoms with Crippen molar-refractivity contribution in [2.45, 2.75) is 38.9 Å². The molecule has 2 heterocycles. The summed E-state index contributed by atoms with van der Waals surface area (Å²) in [7, 11) is 1.84. The molecule has 9 nitrogen and oxygen atoms in total. The molecule has 0 fully saturated rings. The van der Waals surface area contributed by atoms with Gasteiger partial charge in [-0.05, 0) is 55.2 Å². The fourth-order valence-electron chi connectivity index (χ4n) is 3.70. The summed E-state index contributed by atoms with van der Waals surface area (Å²) in [6.07, 6.45) is 0. The third kappa shape index (κ3) is 5.59. The van der Waals surface area contributed by atoms with Crippen LogP contribution in [-0.2, 0) is 11.8 Å². The highest BCUT2D eigenvalue weighted by Crippen LogP contribution is 2.33. The summed E-state index contributed by atoms with van der Waals surface area (Å²) < 4.78 is 12.5. The zero-order valence-electron chi connectivity index (χ0n) is 20.4. The van der Waals surface area contributed by atoms with Crippen LogP contribution >= 0.6 is 11.8 Å². The molecule has 2 aromatic carbocycles. The van der Waals surface area contributed by atoms with E-state index in [1.807, 2.05) is 57.5 Å². The number of benzene rings is 2. The fraction of sp³-hybridized carbons (Fsp3) is 0.360.